The summed E-state index contributed by atoms with van der Waals surface area (Å²) in [5.41, 5.74) is -4.56. The number of aliphatic carboxylic acids is 1. The zero-order chi connectivity index (χ0) is 59.3. The van der Waals surface area contributed by atoms with Gasteiger partial charge in [-0.25, -0.2) is 9.59 Å². The van der Waals surface area contributed by atoms with Gasteiger partial charge >= 0.3 is 17.9 Å². The van der Waals surface area contributed by atoms with E-state index in [2.05, 4.69) is 19.9 Å². The highest BCUT2D eigenvalue weighted by molar-refractivity contribution is 5.87. The predicted molar refractivity (Wildman–Crippen MR) is 277 cm³/mol. The molecule has 8 rings (SSSR count). The van der Waals surface area contributed by atoms with Gasteiger partial charge in [0.25, 0.3) is 0 Å². The first-order chi connectivity index (χ1) is 37.3. The van der Waals surface area contributed by atoms with E-state index in [9.17, 15) is 75.7 Å². The Morgan fingerprint density at radius 1 is 0.713 bits per heavy atom. The van der Waals surface area contributed by atoms with Crippen LogP contribution in [-0.2, 0) is 52.3 Å². The molecule has 27 atom stereocenters. The first kappa shape index (κ1) is 63.2. The van der Waals surface area contributed by atoms with E-state index in [1.807, 2.05) is 41.5 Å². The monoisotopic (exact) mass is 1140 g/mol. The number of carbonyl (C=O) groups is 3. The van der Waals surface area contributed by atoms with Crippen molar-refractivity contribution in [3.8, 4) is 0 Å². The molecule has 0 aromatic heterocycles. The van der Waals surface area contributed by atoms with Crippen molar-refractivity contribution in [2.45, 2.75) is 238 Å². The number of ether oxygens (including phenoxy) is 8. The van der Waals surface area contributed by atoms with Gasteiger partial charge in [0, 0.05) is 16.4 Å². The second-order valence-corrected chi connectivity index (χ2v) is 26.4. The van der Waals surface area contributed by atoms with Gasteiger partial charge in [0.2, 0.25) is 0 Å². The van der Waals surface area contributed by atoms with Crippen molar-refractivity contribution >= 4 is 17.9 Å². The lowest BCUT2D eigenvalue weighted by molar-refractivity contribution is -0.386. The molecule has 0 unspecified atom stereocenters. The van der Waals surface area contributed by atoms with E-state index in [0.717, 1.165) is 5.57 Å². The Bertz CT molecular complexity index is 2330. The quantitative estimate of drug-likeness (QED) is 0.0455. The molecule has 0 aromatic rings. The number of carbonyl (C=O) groups excluding carboxylic acids is 2. The van der Waals surface area contributed by atoms with Crippen LogP contribution in [0.25, 0.3) is 0 Å². The number of carboxylic acids is 1. The van der Waals surface area contributed by atoms with Crippen LogP contribution in [0.2, 0.25) is 0 Å². The summed E-state index contributed by atoms with van der Waals surface area (Å²) in [5, 5.41) is 134. The third-order valence-electron chi connectivity index (χ3n) is 21.6. The summed E-state index contributed by atoms with van der Waals surface area (Å²) in [4.78, 5) is 40.4. The predicted octanol–water partition coefficient (Wildman–Crippen LogP) is 0.343. The lowest BCUT2D eigenvalue weighted by Gasteiger charge is -2.73. The highest BCUT2D eigenvalue weighted by Gasteiger charge is 2.76. The maximum Gasteiger partial charge on any atom is 0.335 e. The summed E-state index contributed by atoms with van der Waals surface area (Å²) in [6.45, 7) is 18.8. The largest absolute Gasteiger partial charge is 0.479 e. The molecule has 23 heteroatoms. The van der Waals surface area contributed by atoms with Crippen LogP contribution in [0.15, 0.2) is 23.3 Å². The van der Waals surface area contributed by atoms with Crippen molar-refractivity contribution in [2.75, 3.05) is 19.8 Å². The molecule has 0 radical (unpaired) electrons. The fraction of sp³-hybridized carbons (Fsp3) is 0.877. The fourth-order valence-electron chi connectivity index (χ4n) is 16.3. The van der Waals surface area contributed by atoms with Crippen LogP contribution in [0.4, 0.5) is 0 Å². The number of allylic oxidation sites excluding steroid dienone is 2. The van der Waals surface area contributed by atoms with Crippen LogP contribution in [0.1, 0.15) is 121 Å². The smallest absolute Gasteiger partial charge is 0.335 e. The number of rotatable bonds is 15. The molecule has 0 aromatic carbocycles. The Hall–Kier alpha value is -2.79. The van der Waals surface area contributed by atoms with E-state index < -0.39 is 199 Å². The summed E-state index contributed by atoms with van der Waals surface area (Å²) in [6.07, 6.45) is -24.9. The molecule has 5 aliphatic carbocycles. The Morgan fingerprint density at radius 2 is 1.30 bits per heavy atom. The maximum atomic E-state index is 13.9. The van der Waals surface area contributed by atoms with Crippen LogP contribution in [-0.4, -0.2) is 216 Å². The van der Waals surface area contributed by atoms with Gasteiger partial charge in [-0.3, -0.25) is 4.79 Å². The average molecular weight is 1140 g/mol. The molecule has 0 bridgehead atoms. The van der Waals surface area contributed by atoms with Gasteiger partial charge in [-0.15, -0.1) is 0 Å². The highest BCUT2D eigenvalue weighted by atomic mass is 16.8. The van der Waals surface area contributed by atoms with Crippen LogP contribution in [0.5, 0.6) is 0 Å². The number of carboxylic acid groups (broad SMARTS) is 1. The second-order valence-electron chi connectivity index (χ2n) is 26.4. The minimum Gasteiger partial charge on any atom is -0.479 e. The van der Waals surface area contributed by atoms with Crippen LogP contribution >= 0.6 is 0 Å². The number of aliphatic hydroxyl groups is 11. The maximum absolute atomic E-state index is 13.9. The van der Waals surface area contributed by atoms with Crippen molar-refractivity contribution in [1.29, 1.82) is 0 Å². The molecule has 7 fully saturated rings. The molecule has 80 heavy (non-hydrogen) atoms. The van der Waals surface area contributed by atoms with Gasteiger partial charge in [-0.1, -0.05) is 80.0 Å². The van der Waals surface area contributed by atoms with E-state index in [4.69, 9.17) is 37.9 Å². The Kier molecular flexibility index (Phi) is 18.1. The van der Waals surface area contributed by atoms with E-state index in [1.54, 1.807) is 26.8 Å². The van der Waals surface area contributed by atoms with Gasteiger partial charge in [-0.05, 0) is 92.8 Å². The van der Waals surface area contributed by atoms with Gasteiger partial charge in [0.1, 0.15) is 67.1 Å². The number of esters is 2. The molecule has 3 aliphatic heterocycles. The summed E-state index contributed by atoms with van der Waals surface area (Å²) >= 11 is 0. The van der Waals surface area contributed by atoms with E-state index in [0.29, 0.717) is 50.5 Å². The van der Waals surface area contributed by atoms with E-state index in [-0.39, 0.29) is 11.8 Å². The normalized spacial score (nSPS) is 49.2. The Labute approximate surface area is 467 Å². The zero-order valence-corrected chi connectivity index (χ0v) is 47.9. The minimum absolute atomic E-state index is 0.146. The average Bonchev–Trinajstić information content (AvgIpc) is 3.81. The molecule has 456 valence electrons. The van der Waals surface area contributed by atoms with Crippen molar-refractivity contribution in [2.24, 2.45) is 56.2 Å². The van der Waals surface area contributed by atoms with Crippen LogP contribution in [0, 0.1) is 56.2 Å². The number of fused-ring (bicyclic) bond motifs is 7. The minimum atomic E-state index is -2.12. The topological polar surface area (TPSA) is 368 Å². The number of hydrogen-bond acceptors (Lipinski definition) is 22. The number of hydrogen-bond donors (Lipinski definition) is 12. The third kappa shape index (κ3) is 9.84. The Balaban J connectivity index is 1.14. The molecule has 3 saturated heterocycles. The SMILES string of the molecule is C/C=C(/C)C(=O)O[C@H]1[C@H](OC(=O)[C@@H](C)CC)[C@]2(CO)[C@H](O)[C@H](O)[C@]3(C)C(=CC[C@@H]4[C@@]5(C)CC[C@H](O[C@@H]6O[C@H](C(=O)O)[C@@H](O)[C@H](O[C@@H]7O[C@@H](CO)[C@H](O)[C@H]7O)[C@H]6O[C@@H]6O[C@H](CO)[C@H](O)[C@H](O)[C@H]6O)C(C)(C)[C@@H]5CC[C@]43C)[C@@H]2CC1(C)C. The van der Waals surface area contributed by atoms with E-state index in [1.165, 1.54) is 0 Å². The summed E-state index contributed by atoms with van der Waals surface area (Å²) < 4.78 is 49.1. The summed E-state index contributed by atoms with van der Waals surface area (Å²) in [6, 6.07) is 0. The van der Waals surface area contributed by atoms with Crippen LogP contribution < -0.4 is 0 Å². The summed E-state index contributed by atoms with van der Waals surface area (Å²) in [5.74, 6) is -4.40. The summed E-state index contributed by atoms with van der Waals surface area (Å²) in [7, 11) is 0. The van der Waals surface area contributed by atoms with Gasteiger partial charge in [0.15, 0.2) is 31.1 Å². The highest BCUT2D eigenvalue weighted by Crippen LogP contribution is 2.76. The van der Waals surface area contributed by atoms with Crippen molar-refractivity contribution in [1.82, 2.24) is 0 Å². The number of aliphatic hydroxyl groups excluding tert-OH is 11. The molecule has 8 aliphatic rings. The molecule has 23 nitrogen and oxygen atoms in total. The first-order valence-electron chi connectivity index (χ1n) is 28.5. The first-order valence-corrected chi connectivity index (χ1v) is 28.5. The van der Waals surface area contributed by atoms with Gasteiger partial charge in [0.05, 0.1) is 49.5 Å². The van der Waals surface area contributed by atoms with Gasteiger partial charge in [-0.2, -0.15) is 0 Å². The molecule has 0 amide bonds. The molecular formula is C57H90O23. The van der Waals surface area contributed by atoms with E-state index >= 15 is 0 Å². The van der Waals surface area contributed by atoms with Gasteiger partial charge < -0.3 is 99.2 Å². The third-order valence-corrected chi connectivity index (χ3v) is 21.6. The van der Waals surface area contributed by atoms with Crippen molar-refractivity contribution < 1.29 is 114 Å². The molecule has 4 saturated carbocycles. The van der Waals surface area contributed by atoms with Crippen molar-refractivity contribution in [3.63, 3.8) is 0 Å². The van der Waals surface area contributed by atoms with Crippen LogP contribution in [0.3, 0.4) is 0 Å². The molecule has 3 heterocycles. The Morgan fingerprint density at radius 3 is 1.86 bits per heavy atom. The van der Waals surface area contributed by atoms with Crippen molar-refractivity contribution in [3.05, 3.63) is 23.3 Å². The lowest BCUT2D eigenvalue weighted by Crippen LogP contribution is -2.76. The lowest BCUT2D eigenvalue weighted by atomic mass is 9.32. The zero-order valence-electron chi connectivity index (χ0n) is 47.9. The standard InChI is InChI=1S/C57H90O23/c1-12-24(3)47(71)79-44-45(80-48(72)25(4)13-2)57(23-60)27(20-52(44,5)6)26-14-15-31-54(9)18-17-32(53(7,8)30(54)16-19-55(31,10)56(26,11)42(67)43(57)68)75-51-41(78-50-37(65)35(63)33(61)28(21-58)73-50)39(38(66)40(77-51)46(69)70)76-49-36(64)34(62)29(22-59)74-49/h12,14,25,27-45,49-51,58-68H,13,15-23H2,1-11H3,(H,69,70)/b24-12-/t25-,27-,28+,29-,30-,31+,32-,33-,34-,35-,36+,37+,38-,39-,40-,41+,42-,43+,44-,45-,49-,50-,51+,54-,55+,56-,57-/m0/s1. The molecule has 0 spiro atoms. The fourth-order valence-corrected chi connectivity index (χ4v) is 16.3. The second kappa shape index (κ2) is 22.9. The molecule has 12 N–H and O–H groups in total. The molecular weight excluding hydrogens is 1050 g/mol.